The minimum atomic E-state index is -0.563. The fraction of sp³-hybridized carbons (Fsp3) is 0. The van der Waals surface area contributed by atoms with Crippen molar-refractivity contribution in [1.29, 1.82) is 5.26 Å². The van der Waals surface area contributed by atoms with E-state index in [4.69, 9.17) is 5.26 Å². The van der Waals surface area contributed by atoms with E-state index in [1.807, 2.05) is 0 Å². The molecule has 0 aliphatic carbocycles. The Kier molecular flexibility index (Phi) is 1.75. The first-order valence-electron chi connectivity index (χ1n) is 3.80. The number of rotatable bonds is 0. The maximum absolute atomic E-state index is 12.8. The van der Waals surface area contributed by atoms with Gasteiger partial charge in [0.2, 0.25) is 5.69 Å². The predicted molar refractivity (Wildman–Crippen MR) is 47.0 cm³/mol. The molecule has 0 bridgehead atoms. The Bertz CT molecular complexity index is 597. The van der Waals surface area contributed by atoms with Gasteiger partial charge in [-0.25, -0.2) is 9.37 Å². The molecular weight excluding hydrogens is 185 g/mol. The number of H-pyrrole nitrogens is 1. The van der Waals surface area contributed by atoms with Crippen LogP contribution in [0.4, 0.5) is 4.39 Å². The van der Waals surface area contributed by atoms with E-state index in [0.29, 0.717) is 5.52 Å². The lowest BCUT2D eigenvalue weighted by Gasteiger charge is -1.96. The topological polar surface area (TPSA) is 69.5 Å². The summed E-state index contributed by atoms with van der Waals surface area (Å²) in [6, 6.07) is 5.41. The van der Waals surface area contributed by atoms with Gasteiger partial charge in [-0.3, -0.25) is 4.79 Å². The molecule has 0 radical (unpaired) electrons. The third kappa shape index (κ3) is 1.23. The number of hydrogen-bond acceptors (Lipinski definition) is 3. The van der Waals surface area contributed by atoms with Crippen molar-refractivity contribution in [3.05, 3.63) is 40.1 Å². The normalized spacial score (nSPS) is 10.0. The summed E-state index contributed by atoms with van der Waals surface area (Å²) in [4.78, 5) is 17.3. The van der Waals surface area contributed by atoms with E-state index in [2.05, 4.69) is 9.97 Å². The number of fused-ring (bicyclic) bond motifs is 1. The number of hydrogen-bond donors (Lipinski definition) is 1. The van der Waals surface area contributed by atoms with Crippen molar-refractivity contribution in [1.82, 2.24) is 9.97 Å². The third-order valence-electron chi connectivity index (χ3n) is 1.76. The molecule has 68 valence electrons. The molecule has 0 aliphatic rings. The van der Waals surface area contributed by atoms with Crippen LogP contribution < -0.4 is 5.56 Å². The van der Waals surface area contributed by atoms with Crippen molar-refractivity contribution in [2.75, 3.05) is 0 Å². The van der Waals surface area contributed by atoms with Crippen molar-refractivity contribution in [3.63, 3.8) is 0 Å². The van der Waals surface area contributed by atoms with Crippen molar-refractivity contribution in [3.8, 4) is 6.07 Å². The molecule has 1 aromatic heterocycles. The molecule has 1 heterocycles. The smallest absolute Gasteiger partial charge is 0.285 e. The maximum Gasteiger partial charge on any atom is 0.285 e. The van der Waals surface area contributed by atoms with Gasteiger partial charge >= 0.3 is 0 Å². The Morgan fingerprint density at radius 1 is 1.50 bits per heavy atom. The van der Waals surface area contributed by atoms with Crippen LogP contribution in [0.15, 0.2) is 23.0 Å². The van der Waals surface area contributed by atoms with Gasteiger partial charge in [0.15, 0.2) is 0 Å². The second-order valence-corrected chi connectivity index (χ2v) is 2.69. The Morgan fingerprint density at radius 3 is 3.00 bits per heavy atom. The van der Waals surface area contributed by atoms with Crippen LogP contribution in [0.25, 0.3) is 11.0 Å². The van der Waals surface area contributed by atoms with Gasteiger partial charge in [0.1, 0.15) is 11.9 Å². The van der Waals surface area contributed by atoms with Crippen LogP contribution in [0, 0.1) is 17.1 Å². The number of aromatic amines is 1. The highest BCUT2D eigenvalue weighted by Crippen LogP contribution is 2.08. The zero-order valence-corrected chi connectivity index (χ0v) is 6.91. The number of nitriles is 1. The quantitative estimate of drug-likeness (QED) is 0.670. The van der Waals surface area contributed by atoms with E-state index in [1.165, 1.54) is 12.1 Å². The second-order valence-electron chi connectivity index (χ2n) is 2.69. The van der Waals surface area contributed by atoms with E-state index in [9.17, 15) is 9.18 Å². The van der Waals surface area contributed by atoms with Gasteiger partial charge in [0.05, 0.1) is 11.0 Å². The van der Waals surface area contributed by atoms with Crippen LogP contribution in [0.5, 0.6) is 0 Å². The minimum Gasteiger partial charge on any atom is -0.318 e. The minimum absolute atomic E-state index is 0.261. The molecule has 0 spiro atoms. The Balaban J connectivity index is 2.89. The Labute approximate surface area is 77.6 Å². The van der Waals surface area contributed by atoms with Crippen LogP contribution >= 0.6 is 0 Å². The van der Waals surface area contributed by atoms with E-state index >= 15 is 0 Å². The highest BCUT2D eigenvalue weighted by Gasteiger charge is 2.03. The van der Waals surface area contributed by atoms with E-state index in [-0.39, 0.29) is 11.2 Å². The third-order valence-corrected chi connectivity index (χ3v) is 1.76. The van der Waals surface area contributed by atoms with Gasteiger partial charge in [-0.1, -0.05) is 0 Å². The van der Waals surface area contributed by atoms with Crippen LogP contribution in [-0.4, -0.2) is 9.97 Å². The molecule has 2 rings (SSSR count). The molecule has 0 atom stereocenters. The molecule has 14 heavy (non-hydrogen) atoms. The van der Waals surface area contributed by atoms with Crippen LogP contribution in [-0.2, 0) is 0 Å². The second kappa shape index (κ2) is 2.92. The average molecular weight is 189 g/mol. The lowest BCUT2D eigenvalue weighted by atomic mass is 10.3. The highest BCUT2D eigenvalue weighted by atomic mass is 19.1. The largest absolute Gasteiger partial charge is 0.318 e. The number of benzene rings is 1. The Morgan fingerprint density at radius 2 is 2.29 bits per heavy atom. The summed E-state index contributed by atoms with van der Waals surface area (Å²) < 4.78 is 12.8. The molecule has 0 saturated carbocycles. The number of nitrogens with one attached hydrogen (secondary N) is 1. The van der Waals surface area contributed by atoms with Gasteiger partial charge in [0, 0.05) is 6.07 Å². The van der Waals surface area contributed by atoms with Crippen molar-refractivity contribution in [2.24, 2.45) is 0 Å². The fourth-order valence-electron chi connectivity index (χ4n) is 1.13. The molecule has 1 aromatic carbocycles. The molecular formula is C9H4FN3O. The summed E-state index contributed by atoms with van der Waals surface area (Å²) in [6.45, 7) is 0. The summed E-state index contributed by atoms with van der Waals surface area (Å²) in [6.07, 6.45) is 0. The molecule has 5 heteroatoms. The lowest BCUT2D eigenvalue weighted by Crippen LogP contribution is -2.12. The highest BCUT2D eigenvalue weighted by molar-refractivity contribution is 5.74. The van der Waals surface area contributed by atoms with Gasteiger partial charge in [-0.2, -0.15) is 5.26 Å². The summed E-state index contributed by atoms with van der Waals surface area (Å²) >= 11 is 0. The van der Waals surface area contributed by atoms with Crippen LogP contribution in [0.3, 0.4) is 0 Å². The predicted octanol–water partition coefficient (Wildman–Crippen LogP) is 0.934. The lowest BCUT2D eigenvalue weighted by molar-refractivity contribution is 0.629. The van der Waals surface area contributed by atoms with Crippen LogP contribution in [0.2, 0.25) is 0 Å². The zero-order chi connectivity index (χ0) is 10.1. The van der Waals surface area contributed by atoms with Gasteiger partial charge in [-0.05, 0) is 12.1 Å². The van der Waals surface area contributed by atoms with Gasteiger partial charge in [-0.15, -0.1) is 0 Å². The average Bonchev–Trinajstić information content (AvgIpc) is 2.17. The molecule has 1 N–H and O–H groups in total. The molecule has 2 aromatic rings. The number of nitrogens with zero attached hydrogens (tertiary/aromatic N) is 2. The monoisotopic (exact) mass is 189 g/mol. The molecule has 0 aliphatic heterocycles. The summed E-state index contributed by atoms with van der Waals surface area (Å²) in [5, 5.41) is 8.52. The molecule has 0 fully saturated rings. The van der Waals surface area contributed by atoms with E-state index < -0.39 is 11.4 Å². The molecule has 0 saturated heterocycles. The number of aromatic nitrogens is 2. The molecule has 0 unspecified atom stereocenters. The SMILES string of the molecule is N#Cc1nc2cc(F)ccc2[nH]c1=O. The summed E-state index contributed by atoms with van der Waals surface area (Å²) in [5.41, 5.74) is -0.147. The van der Waals surface area contributed by atoms with Crippen LogP contribution in [0.1, 0.15) is 5.69 Å². The van der Waals surface area contributed by atoms with Gasteiger partial charge < -0.3 is 4.98 Å². The molecule has 0 amide bonds. The first-order chi connectivity index (χ1) is 6.70. The van der Waals surface area contributed by atoms with E-state index in [1.54, 1.807) is 6.07 Å². The fourth-order valence-corrected chi connectivity index (χ4v) is 1.13. The summed E-state index contributed by atoms with van der Waals surface area (Å²) in [5.74, 6) is -0.457. The maximum atomic E-state index is 12.8. The molecule has 4 nitrogen and oxygen atoms in total. The first-order valence-corrected chi connectivity index (χ1v) is 3.80. The first kappa shape index (κ1) is 8.38. The van der Waals surface area contributed by atoms with Crippen molar-refractivity contribution >= 4 is 11.0 Å². The summed E-state index contributed by atoms with van der Waals surface area (Å²) in [7, 11) is 0. The van der Waals surface area contributed by atoms with Crippen molar-refractivity contribution < 1.29 is 4.39 Å². The van der Waals surface area contributed by atoms with Crippen molar-refractivity contribution in [2.45, 2.75) is 0 Å². The van der Waals surface area contributed by atoms with E-state index in [0.717, 1.165) is 6.07 Å². The Hall–Kier alpha value is -2.22. The zero-order valence-electron chi connectivity index (χ0n) is 6.91. The standard InChI is InChI=1S/C9H4FN3O/c10-5-1-2-6-7(3-5)12-8(4-11)9(14)13-6/h1-3H,(H,13,14). The van der Waals surface area contributed by atoms with Gasteiger partial charge in [0.25, 0.3) is 5.56 Å². The number of halogens is 1.